The Labute approximate surface area is 577 Å². The van der Waals surface area contributed by atoms with Gasteiger partial charge in [0.05, 0.1) is 45.6 Å². The van der Waals surface area contributed by atoms with E-state index in [0.717, 1.165) is 190 Å². The first-order valence-corrected chi connectivity index (χ1v) is 33.4. The Hall–Kier alpha value is -13.9. The third-order valence-electron chi connectivity index (χ3n) is 18.7. The lowest BCUT2D eigenvalue weighted by Crippen LogP contribution is -1.90. The van der Waals surface area contributed by atoms with E-state index in [9.17, 15) is 0 Å². The largest absolute Gasteiger partial charge is 0.354 e. The molecule has 0 unspecified atom stereocenters. The van der Waals surface area contributed by atoms with Crippen LogP contribution in [0, 0.1) is 23.7 Å². The maximum Gasteiger partial charge on any atom is 0.0737 e. The molecule has 0 atom stereocenters. The van der Waals surface area contributed by atoms with Gasteiger partial charge in [0.25, 0.3) is 0 Å². The first-order chi connectivity index (χ1) is 49.5. The second-order valence-corrected chi connectivity index (χ2v) is 24.9. The smallest absolute Gasteiger partial charge is 0.0737 e. The summed E-state index contributed by atoms with van der Waals surface area (Å²) in [5, 5.41) is 0. The zero-order chi connectivity index (χ0) is 66.3. The van der Waals surface area contributed by atoms with Crippen molar-refractivity contribution in [1.82, 2.24) is 39.9 Å². The summed E-state index contributed by atoms with van der Waals surface area (Å²) in [6.07, 6.45) is 17.0. The van der Waals surface area contributed by atoms with Crippen LogP contribution in [0.2, 0.25) is 0 Å². The van der Waals surface area contributed by atoms with Gasteiger partial charge in [-0.15, -0.1) is 0 Å². The Bertz CT molecular complexity index is 5780. The predicted molar refractivity (Wildman–Crippen MR) is 415 cm³/mol. The molecule has 100 heavy (non-hydrogen) atoms. The maximum absolute atomic E-state index is 5.55. The highest BCUT2D eigenvalue weighted by Crippen LogP contribution is 2.42. The molecule has 18 rings (SSSR count). The highest BCUT2D eigenvalue weighted by molar-refractivity contribution is 6.03. The van der Waals surface area contributed by atoms with Crippen molar-refractivity contribution < 1.29 is 0 Å². The van der Waals surface area contributed by atoms with Crippen LogP contribution in [0.25, 0.3) is 182 Å². The van der Waals surface area contributed by atoms with Crippen LogP contribution < -0.4 is 0 Å². The highest BCUT2D eigenvalue weighted by atomic mass is 14.8. The lowest BCUT2D eigenvalue weighted by atomic mass is 10.0. The number of rotatable bonds is 8. The van der Waals surface area contributed by atoms with Crippen molar-refractivity contribution in [2.75, 3.05) is 0 Å². The number of hydrogen-bond donors (Lipinski definition) is 4. The molecule has 8 heteroatoms. The molecule has 0 spiro atoms. The summed E-state index contributed by atoms with van der Waals surface area (Å²) in [4.78, 5) is 37.6. The molecule has 6 aromatic heterocycles. The van der Waals surface area contributed by atoms with Crippen molar-refractivity contribution in [2.24, 2.45) is 0 Å². The standard InChI is InChI=1S/C92H58N8/c1-7-27-61(28-8-1)85-69-41-45-73(93-69)87(63-31-11-3-12-32-63)77-49-53-81(97-77)91(82-54-50-78(98-82)88(64-33-13-4-14-34-64)74-46-42-70(85)94-74)67-39-21-25-59(57-67)23-19-20-24-60-26-22-40-68(58-60)92-83-55-51-79(99-83)89(65-35-15-5-16-36-65)75-47-43-71(95-75)86(62-29-9-2-10-30-62)72-44-48-76(96-72)90(66-37-17-6-18-38-66)80-52-56-84(92)100-80/h1-18,21-22,25-58,93,95,98,100H. The number of aromatic nitrogens is 8. The molecule has 0 saturated carbocycles. The average molecular weight is 1280 g/mol. The molecule has 4 N–H and O–H groups in total. The molecule has 0 amide bonds. The summed E-state index contributed by atoms with van der Waals surface area (Å²) in [6.45, 7) is 0. The molecule has 0 aliphatic carbocycles. The van der Waals surface area contributed by atoms with Gasteiger partial charge in [-0.2, -0.15) is 0 Å². The number of H-pyrrole nitrogens is 4. The second-order valence-electron chi connectivity index (χ2n) is 24.9. The van der Waals surface area contributed by atoms with Gasteiger partial charge in [0.15, 0.2) is 0 Å². The summed E-state index contributed by atoms with van der Waals surface area (Å²) in [5.41, 5.74) is 31.8. The number of nitrogens with zero attached hydrogens (tertiary/aromatic N) is 4. The summed E-state index contributed by atoms with van der Waals surface area (Å²) < 4.78 is 0. The van der Waals surface area contributed by atoms with Crippen LogP contribution in [-0.4, -0.2) is 39.9 Å². The van der Waals surface area contributed by atoms with Gasteiger partial charge < -0.3 is 19.9 Å². The number of aromatic amines is 4. The Morgan fingerprint density at radius 1 is 0.180 bits per heavy atom. The summed E-state index contributed by atoms with van der Waals surface area (Å²) in [6, 6.07) is 96.9. The molecule has 8 nitrogen and oxygen atoms in total. The van der Waals surface area contributed by atoms with E-state index in [1.54, 1.807) is 0 Å². The summed E-state index contributed by atoms with van der Waals surface area (Å²) in [5.74, 6) is 13.3. The van der Waals surface area contributed by atoms with E-state index in [2.05, 4.69) is 323 Å². The second kappa shape index (κ2) is 25.3. The first-order valence-electron chi connectivity index (χ1n) is 33.4. The fraction of sp³-hybridized carbons (Fsp3) is 0. The van der Waals surface area contributed by atoms with E-state index in [-0.39, 0.29) is 0 Å². The van der Waals surface area contributed by atoms with Crippen molar-refractivity contribution in [3.05, 3.63) is 336 Å². The molecule has 4 aliphatic rings. The van der Waals surface area contributed by atoms with Gasteiger partial charge in [-0.1, -0.05) is 218 Å². The van der Waals surface area contributed by atoms with Crippen LogP contribution in [0.5, 0.6) is 0 Å². The average Bonchev–Trinajstić information content (AvgIpc) is 1.62. The topological polar surface area (TPSA) is 115 Å². The molecule has 0 radical (unpaired) electrons. The summed E-state index contributed by atoms with van der Waals surface area (Å²) in [7, 11) is 0. The first kappa shape index (κ1) is 58.6. The molecule has 14 aromatic rings. The zero-order valence-electron chi connectivity index (χ0n) is 54.0. The fourth-order valence-corrected chi connectivity index (χ4v) is 14.2. The lowest BCUT2D eigenvalue weighted by molar-refractivity contribution is 1.31. The molecule has 0 fully saturated rings. The fourth-order valence-electron chi connectivity index (χ4n) is 14.2. The van der Waals surface area contributed by atoms with Crippen LogP contribution in [0.3, 0.4) is 0 Å². The quantitative estimate of drug-likeness (QED) is 0.113. The normalized spacial score (nSPS) is 11.9. The van der Waals surface area contributed by atoms with Gasteiger partial charge in [-0.3, -0.25) is 0 Å². The van der Waals surface area contributed by atoms with Crippen molar-refractivity contribution in [2.45, 2.75) is 0 Å². The Kier molecular flexibility index (Phi) is 14.9. The van der Waals surface area contributed by atoms with Gasteiger partial charge in [-0.05, 0) is 178 Å². The van der Waals surface area contributed by atoms with E-state index in [1.165, 1.54) is 0 Å². The van der Waals surface area contributed by atoms with Crippen molar-refractivity contribution in [3.63, 3.8) is 0 Å². The van der Waals surface area contributed by atoms with Crippen LogP contribution >= 0.6 is 0 Å². The number of hydrogen-bond acceptors (Lipinski definition) is 4. The van der Waals surface area contributed by atoms with E-state index < -0.39 is 0 Å². The molecule has 4 aliphatic heterocycles. The van der Waals surface area contributed by atoms with Crippen molar-refractivity contribution in [1.29, 1.82) is 0 Å². The third-order valence-corrected chi connectivity index (χ3v) is 18.7. The van der Waals surface area contributed by atoms with E-state index in [1.807, 2.05) is 48.5 Å². The zero-order valence-corrected chi connectivity index (χ0v) is 54.0. The van der Waals surface area contributed by atoms with Crippen LogP contribution in [0.1, 0.15) is 56.7 Å². The van der Waals surface area contributed by atoms with Gasteiger partial charge in [0, 0.05) is 99.8 Å². The van der Waals surface area contributed by atoms with Gasteiger partial charge in [-0.25, -0.2) is 19.9 Å². The van der Waals surface area contributed by atoms with Crippen LogP contribution in [-0.2, 0) is 0 Å². The Balaban J connectivity index is 0.775. The van der Waals surface area contributed by atoms with Crippen LogP contribution in [0.4, 0.5) is 0 Å². The molecule has 10 heterocycles. The maximum atomic E-state index is 5.55. The van der Waals surface area contributed by atoms with Crippen LogP contribution in [0.15, 0.2) is 279 Å². The van der Waals surface area contributed by atoms with E-state index >= 15 is 0 Å². The lowest BCUT2D eigenvalue weighted by Gasteiger charge is -2.07. The third kappa shape index (κ3) is 11.1. The van der Waals surface area contributed by atoms with E-state index in [0.29, 0.717) is 0 Å². The van der Waals surface area contributed by atoms with Gasteiger partial charge >= 0.3 is 0 Å². The highest BCUT2D eigenvalue weighted by Gasteiger charge is 2.22. The number of benzene rings is 8. The Morgan fingerprint density at radius 3 is 0.560 bits per heavy atom. The Morgan fingerprint density at radius 2 is 0.360 bits per heavy atom. The van der Waals surface area contributed by atoms with Crippen molar-refractivity contribution >= 4 is 92.7 Å². The van der Waals surface area contributed by atoms with Crippen molar-refractivity contribution in [3.8, 4) is 113 Å². The monoisotopic (exact) mass is 1270 g/mol. The molecule has 8 aromatic carbocycles. The molecular weight excluding hydrogens is 1220 g/mol. The predicted octanol–water partition coefficient (Wildman–Crippen LogP) is 22.4. The van der Waals surface area contributed by atoms with E-state index in [4.69, 9.17) is 19.9 Å². The minimum atomic E-state index is 0.809. The number of fused-ring (bicyclic) bond motifs is 16. The molecule has 16 bridgehead atoms. The molecule has 0 saturated heterocycles. The molecular formula is C92H58N8. The minimum Gasteiger partial charge on any atom is -0.354 e. The number of nitrogens with one attached hydrogen (secondary N) is 4. The minimum absolute atomic E-state index is 0.809. The van der Waals surface area contributed by atoms with Gasteiger partial charge in [0.1, 0.15) is 0 Å². The van der Waals surface area contributed by atoms with Gasteiger partial charge in [0.2, 0.25) is 0 Å². The molecule has 466 valence electrons. The summed E-state index contributed by atoms with van der Waals surface area (Å²) >= 11 is 0. The SMILES string of the molecule is C(C#Cc1cccc(-c2c3nc(c(-c4ccccc4)c4ccc([nH]4)c(-c4ccccc4)c4nc(c(-c5ccccc5)c5ccc2[nH]5)C=C4)C=C3)c1)#Cc1cccc(-c2c3nc(c(-c4ccccc4)c4ccc([nH]4)c(-c4ccccc4)c4nc(c(-c5ccccc5)c5ccc2[nH]5)C=C4)C=C3)c1.